The molecule has 0 radical (unpaired) electrons. The lowest BCUT2D eigenvalue weighted by Gasteiger charge is -2.35. The molecule has 1 aliphatic heterocycles. The minimum absolute atomic E-state index is 0.0823. The first-order chi connectivity index (χ1) is 16.2. The molecule has 0 bridgehead atoms. The summed E-state index contributed by atoms with van der Waals surface area (Å²) in [5, 5.41) is 9.10. The van der Waals surface area contributed by atoms with E-state index in [-0.39, 0.29) is 36.2 Å². The Balaban J connectivity index is 1.59. The van der Waals surface area contributed by atoms with Crippen molar-refractivity contribution in [2.75, 3.05) is 39.3 Å². The van der Waals surface area contributed by atoms with Crippen LogP contribution in [-0.2, 0) is 21.4 Å². The normalized spacial score (nSPS) is 14.6. The molecule has 9 heteroatoms. The Morgan fingerprint density at radius 2 is 1.79 bits per heavy atom. The number of benzene rings is 2. The summed E-state index contributed by atoms with van der Waals surface area (Å²) in [6.45, 7) is 7.38. The molecule has 0 aliphatic carbocycles. The van der Waals surface area contributed by atoms with Crippen LogP contribution >= 0.6 is 0 Å². The van der Waals surface area contributed by atoms with Gasteiger partial charge in [0.1, 0.15) is 0 Å². The Hall–Kier alpha value is -3.32. The van der Waals surface area contributed by atoms with Crippen molar-refractivity contribution in [2.24, 2.45) is 0 Å². The zero-order chi connectivity index (χ0) is 24.7. The zero-order valence-electron chi connectivity index (χ0n) is 19.2. The first-order valence-corrected chi connectivity index (χ1v) is 12.4. The van der Waals surface area contributed by atoms with Gasteiger partial charge in [-0.1, -0.05) is 30.3 Å². The molecule has 1 aliphatic rings. The maximum absolute atomic E-state index is 13.0. The van der Waals surface area contributed by atoms with Gasteiger partial charge < -0.3 is 4.90 Å². The summed E-state index contributed by atoms with van der Waals surface area (Å²) in [6, 6.07) is 15.3. The molecular formula is C25H28N4O4S. The summed E-state index contributed by atoms with van der Waals surface area (Å²) >= 11 is 0. The Labute approximate surface area is 200 Å². The van der Waals surface area contributed by atoms with Crippen molar-refractivity contribution in [3.63, 3.8) is 0 Å². The molecule has 8 nitrogen and oxygen atoms in total. The lowest BCUT2D eigenvalue weighted by Crippen LogP contribution is -2.52. The molecule has 1 heterocycles. The van der Waals surface area contributed by atoms with Crippen molar-refractivity contribution in [3.05, 3.63) is 77.9 Å². The standard InChI is InChI=1S/C25H28N4O4S/c1-3-11-27(18-22-6-4-5-21(16-22)17-26)19-25(31)28-12-14-29(15-13-28)34(32,33)24-9-7-23(8-10-24)20(2)30/h3-10,16H,1,11-15,18-19H2,2H3. The number of sulfonamides is 1. The third-order valence-electron chi connectivity index (χ3n) is 5.70. The van der Waals surface area contributed by atoms with E-state index in [1.807, 2.05) is 17.0 Å². The van der Waals surface area contributed by atoms with Gasteiger partial charge in [-0.15, -0.1) is 6.58 Å². The van der Waals surface area contributed by atoms with Crippen LogP contribution in [0, 0.1) is 11.3 Å². The first-order valence-electron chi connectivity index (χ1n) is 11.0. The van der Waals surface area contributed by atoms with E-state index in [4.69, 9.17) is 5.26 Å². The molecule has 2 aromatic carbocycles. The van der Waals surface area contributed by atoms with Gasteiger partial charge in [-0.3, -0.25) is 14.5 Å². The van der Waals surface area contributed by atoms with Crippen LogP contribution in [0.25, 0.3) is 0 Å². The van der Waals surface area contributed by atoms with Crippen molar-refractivity contribution >= 4 is 21.7 Å². The lowest BCUT2D eigenvalue weighted by atomic mass is 10.1. The molecule has 34 heavy (non-hydrogen) atoms. The third-order valence-corrected chi connectivity index (χ3v) is 7.61. The van der Waals surface area contributed by atoms with Crippen molar-refractivity contribution in [1.29, 1.82) is 5.26 Å². The highest BCUT2D eigenvalue weighted by Gasteiger charge is 2.30. The smallest absolute Gasteiger partial charge is 0.243 e. The van der Waals surface area contributed by atoms with E-state index in [0.717, 1.165) is 5.56 Å². The second-order valence-corrected chi connectivity index (χ2v) is 10.1. The van der Waals surface area contributed by atoms with Gasteiger partial charge in [-0.2, -0.15) is 9.57 Å². The van der Waals surface area contributed by atoms with E-state index in [1.165, 1.54) is 35.5 Å². The number of Topliss-reactive ketones (excluding diaryl/α,β-unsaturated/α-hetero) is 1. The summed E-state index contributed by atoms with van der Waals surface area (Å²) in [4.78, 5) is 28.1. The number of nitrogens with zero attached hydrogens (tertiary/aromatic N) is 4. The van der Waals surface area contributed by atoms with E-state index in [9.17, 15) is 18.0 Å². The Bertz CT molecular complexity index is 1190. The first kappa shape index (κ1) is 25.3. The molecule has 1 saturated heterocycles. The molecule has 1 amide bonds. The predicted molar refractivity (Wildman–Crippen MR) is 128 cm³/mol. The number of carbonyl (C=O) groups is 2. The van der Waals surface area contributed by atoms with E-state index in [0.29, 0.717) is 37.3 Å². The van der Waals surface area contributed by atoms with E-state index >= 15 is 0 Å². The maximum atomic E-state index is 13.0. The van der Waals surface area contributed by atoms with Crippen LogP contribution in [0.3, 0.4) is 0 Å². The van der Waals surface area contributed by atoms with Gasteiger partial charge in [0, 0.05) is 44.8 Å². The predicted octanol–water partition coefficient (Wildman–Crippen LogP) is 2.28. The van der Waals surface area contributed by atoms with Crippen LogP contribution in [0.2, 0.25) is 0 Å². The Morgan fingerprint density at radius 3 is 2.38 bits per heavy atom. The van der Waals surface area contributed by atoms with E-state index in [2.05, 4.69) is 12.6 Å². The average molecular weight is 481 g/mol. The quantitative estimate of drug-likeness (QED) is 0.403. The SMILES string of the molecule is C=CCN(CC(=O)N1CCN(S(=O)(=O)c2ccc(C(C)=O)cc2)CC1)Cc1cccc(C#N)c1. The maximum Gasteiger partial charge on any atom is 0.243 e. The van der Waals surface area contributed by atoms with Crippen LogP contribution in [0.15, 0.2) is 66.1 Å². The van der Waals surface area contributed by atoms with Crippen LogP contribution in [0.1, 0.15) is 28.4 Å². The summed E-state index contributed by atoms with van der Waals surface area (Å²) in [5.41, 5.74) is 1.95. The van der Waals surface area contributed by atoms with Gasteiger partial charge in [0.05, 0.1) is 23.1 Å². The highest BCUT2D eigenvalue weighted by Crippen LogP contribution is 2.19. The van der Waals surface area contributed by atoms with Crippen LogP contribution in [0.5, 0.6) is 0 Å². The van der Waals surface area contributed by atoms with Crippen molar-refractivity contribution in [1.82, 2.24) is 14.1 Å². The van der Waals surface area contributed by atoms with Crippen molar-refractivity contribution in [3.8, 4) is 6.07 Å². The third kappa shape index (κ3) is 6.17. The highest BCUT2D eigenvalue weighted by atomic mass is 32.2. The van der Waals surface area contributed by atoms with Crippen molar-refractivity contribution in [2.45, 2.75) is 18.4 Å². The Kier molecular flexibility index (Phi) is 8.34. The summed E-state index contributed by atoms with van der Waals surface area (Å²) in [5.74, 6) is -0.208. The minimum atomic E-state index is -3.70. The van der Waals surface area contributed by atoms with Gasteiger partial charge >= 0.3 is 0 Å². The second-order valence-electron chi connectivity index (χ2n) is 8.14. The number of hydrogen-bond donors (Lipinski definition) is 0. The number of ketones is 1. The molecule has 3 rings (SSSR count). The fraction of sp³-hybridized carbons (Fsp3) is 0.320. The summed E-state index contributed by atoms with van der Waals surface area (Å²) < 4.78 is 27.3. The molecule has 0 N–H and O–H groups in total. The molecule has 2 aromatic rings. The monoisotopic (exact) mass is 480 g/mol. The fourth-order valence-corrected chi connectivity index (χ4v) is 5.27. The number of amides is 1. The van der Waals surface area contributed by atoms with Crippen LogP contribution < -0.4 is 0 Å². The highest BCUT2D eigenvalue weighted by molar-refractivity contribution is 7.89. The summed E-state index contributed by atoms with van der Waals surface area (Å²) in [7, 11) is -3.70. The van der Waals surface area contributed by atoms with Gasteiger partial charge in [-0.05, 0) is 36.8 Å². The molecular weight excluding hydrogens is 452 g/mol. The molecule has 0 spiro atoms. The van der Waals surface area contributed by atoms with Gasteiger partial charge in [-0.25, -0.2) is 8.42 Å². The molecule has 0 unspecified atom stereocenters. The topological polar surface area (TPSA) is 102 Å². The second kappa shape index (κ2) is 11.2. The molecule has 0 saturated carbocycles. The number of rotatable bonds is 9. The Morgan fingerprint density at radius 1 is 1.12 bits per heavy atom. The van der Waals surface area contributed by atoms with E-state index < -0.39 is 10.0 Å². The van der Waals surface area contributed by atoms with Gasteiger partial charge in [0.15, 0.2) is 5.78 Å². The zero-order valence-corrected chi connectivity index (χ0v) is 20.0. The van der Waals surface area contributed by atoms with Gasteiger partial charge in [0.25, 0.3) is 0 Å². The van der Waals surface area contributed by atoms with Crippen molar-refractivity contribution < 1.29 is 18.0 Å². The summed E-state index contributed by atoms with van der Waals surface area (Å²) in [6.07, 6.45) is 1.73. The number of piperazine rings is 1. The molecule has 178 valence electrons. The van der Waals surface area contributed by atoms with Crippen LogP contribution in [-0.4, -0.2) is 73.5 Å². The number of nitriles is 1. The van der Waals surface area contributed by atoms with Crippen LogP contribution in [0.4, 0.5) is 0 Å². The fourth-order valence-electron chi connectivity index (χ4n) is 3.84. The largest absolute Gasteiger partial charge is 0.339 e. The molecule has 0 atom stereocenters. The lowest BCUT2D eigenvalue weighted by molar-refractivity contribution is -0.133. The van der Waals surface area contributed by atoms with E-state index in [1.54, 1.807) is 23.1 Å². The number of carbonyl (C=O) groups excluding carboxylic acids is 2. The molecule has 1 fully saturated rings. The number of hydrogen-bond acceptors (Lipinski definition) is 6. The molecule has 0 aromatic heterocycles. The minimum Gasteiger partial charge on any atom is -0.339 e. The van der Waals surface area contributed by atoms with Gasteiger partial charge in [0.2, 0.25) is 15.9 Å². The average Bonchev–Trinajstić information content (AvgIpc) is 2.84.